The van der Waals surface area contributed by atoms with Gasteiger partial charge in [0.15, 0.2) is 0 Å². The highest BCUT2D eigenvalue weighted by molar-refractivity contribution is 5.79. The van der Waals surface area contributed by atoms with Gasteiger partial charge in [-0.15, -0.1) is 0 Å². The zero-order chi connectivity index (χ0) is 19.8. The zero-order valence-electron chi connectivity index (χ0n) is 16.5. The molecular weight excluding hydrogens is 358 g/mol. The molecule has 7 nitrogen and oxygen atoms in total. The van der Waals surface area contributed by atoms with Crippen molar-refractivity contribution in [1.82, 2.24) is 15.1 Å². The molecule has 1 fully saturated rings. The summed E-state index contributed by atoms with van der Waals surface area (Å²) in [5.74, 6) is 0.573. The van der Waals surface area contributed by atoms with E-state index in [1.54, 1.807) is 13.3 Å². The van der Waals surface area contributed by atoms with Crippen molar-refractivity contribution >= 4 is 5.91 Å². The third-order valence-electron chi connectivity index (χ3n) is 4.83. The Balaban J connectivity index is 1.54. The van der Waals surface area contributed by atoms with E-state index in [-0.39, 0.29) is 24.0 Å². The molecule has 28 heavy (non-hydrogen) atoms. The molecule has 3 atom stereocenters. The third kappa shape index (κ3) is 5.33. The van der Waals surface area contributed by atoms with E-state index in [2.05, 4.69) is 10.4 Å². The van der Waals surface area contributed by atoms with Gasteiger partial charge < -0.3 is 19.5 Å². The molecule has 1 aromatic carbocycles. The number of rotatable bonds is 10. The first kappa shape index (κ1) is 20.4. The van der Waals surface area contributed by atoms with Gasteiger partial charge in [0.1, 0.15) is 18.0 Å². The smallest absolute Gasteiger partial charge is 0.226 e. The molecule has 1 amide bonds. The molecule has 3 rings (SSSR count). The molecule has 1 N–H and O–H groups in total. The number of aryl methyl sites for hydroxylation is 1. The highest BCUT2D eigenvalue weighted by Gasteiger charge is 2.37. The lowest BCUT2D eigenvalue weighted by molar-refractivity contribution is -0.127. The van der Waals surface area contributed by atoms with Crippen molar-refractivity contribution in [2.45, 2.75) is 38.5 Å². The fourth-order valence-electron chi connectivity index (χ4n) is 3.43. The van der Waals surface area contributed by atoms with E-state index in [1.807, 2.05) is 48.0 Å². The van der Waals surface area contributed by atoms with Crippen molar-refractivity contribution in [2.24, 2.45) is 5.92 Å². The van der Waals surface area contributed by atoms with E-state index < -0.39 is 0 Å². The van der Waals surface area contributed by atoms with Gasteiger partial charge in [-0.3, -0.25) is 9.48 Å². The van der Waals surface area contributed by atoms with Crippen molar-refractivity contribution in [3.8, 4) is 5.75 Å². The molecule has 0 saturated carbocycles. The number of benzene rings is 1. The van der Waals surface area contributed by atoms with Crippen molar-refractivity contribution < 1.29 is 19.0 Å². The van der Waals surface area contributed by atoms with Crippen LogP contribution in [-0.4, -0.2) is 48.7 Å². The zero-order valence-corrected chi connectivity index (χ0v) is 16.5. The van der Waals surface area contributed by atoms with Gasteiger partial charge in [-0.05, 0) is 38.0 Å². The molecule has 0 spiro atoms. The van der Waals surface area contributed by atoms with Crippen LogP contribution in [0.3, 0.4) is 0 Å². The number of nitrogens with one attached hydrogen (secondary N) is 1. The largest absolute Gasteiger partial charge is 0.489 e. The summed E-state index contributed by atoms with van der Waals surface area (Å²) in [5.41, 5.74) is 0.947. The summed E-state index contributed by atoms with van der Waals surface area (Å²) in [6.45, 7) is 4.38. The van der Waals surface area contributed by atoms with Gasteiger partial charge in [0, 0.05) is 33.1 Å². The molecule has 0 aliphatic carbocycles. The molecule has 1 aliphatic heterocycles. The second-order valence-corrected chi connectivity index (χ2v) is 7.00. The number of carbonyl (C=O) groups excluding carboxylic acids is 1. The van der Waals surface area contributed by atoms with Crippen LogP contribution in [0.5, 0.6) is 5.75 Å². The summed E-state index contributed by atoms with van der Waals surface area (Å²) >= 11 is 0. The molecule has 7 heteroatoms. The van der Waals surface area contributed by atoms with Crippen molar-refractivity contribution in [1.29, 1.82) is 0 Å². The molecule has 1 aromatic heterocycles. The van der Waals surface area contributed by atoms with E-state index in [0.29, 0.717) is 26.2 Å². The van der Waals surface area contributed by atoms with Crippen LogP contribution in [0.2, 0.25) is 0 Å². The lowest BCUT2D eigenvalue weighted by atomic mass is 9.98. The van der Waals surface area contributed by atoms with Crippen LogP contribution >= 0.6 is 0 Å². The van der Waals surface area contributed by atoms with E-state index in [4.69, 9.17) is 14.2 Å². The average molecular weight is 387 g/mol. The maximum absolute atomic E-state index is 12.8. The first-order chi connectivity index (χ1) is 13.7. The number of hydrogen-bond donors (Lipinski definition) is 1. The maximum Gasteiger partial charge on any atom is 0.226 e. The second-order valence-electron chi connectivity index (χ2n) is 7.00. The number of ether oxygens (including phenoxy) is 3. The molecule has 2 heterocycles. The Morgan fingerprint density at radius 2 is 2.18 bits per heavy atom. The lowest BCUT2D eigenvalue weighted by Crippen LogP contribution is -2.38. The van der Waals surface area contributed by atoms with Gasteiger partial charge in [-0.25, -0.2) is 0 Å². The summed E-state index contributed by atoms with van der Waals surface area (Å²) in [5, 5.41) is 7.39. The summed E-state index contributed by atoms with van der Waals surface area (Å²) in [6.07, 6.45) is 2.94. The summed E-state index contributed by atoms with van der Waals surface area (Å²) < 4.78 is 18.8. The Morgan fingerprint density at radius 1 is 1.36 bits per heavy atom. The van der Waals surface area contributed by atoms with Crippen LogP contribution in [0.4, 0.5) is 0 Å². The molecule has 0 unspecified atom stereocenters. The van der Waals surface area contributed by atoms with Crippen LogP contribution in [0.25, 0.3) is 0 Å². The number of nitrogens with zero attached hydrogens (tertiary/aromatic N) is 2. The fraction of sp³-hybridized carbons (Fsp3) is 0.524. The topological polar surface area (TPSA) is 74.6 Å². The predicted molar refractivity (Wildman–Crippen MR) is 105 cm³/mol. The summed E-state index contributed by atoms with van der Waals surface area (Å²) in [4.78, 5) is 12.8. The van der Waals surface area contributed by atoms with Gasteiger partial charge in [-0.1, -0.05) is 18.2 Å². The second kappa shape index (κ2) is 10.2. The van der Waals surface area contributed by atoms with Gasteiger partial charge in [0.25, 0.3) is 0 Å². The Kier molecular flexibility index (Phi) is 7.45. The number of carbonyl (C=O) groups is 1. The standard InChI is InChI=1S/C21H29N3O4/c1-16(28-17-7-4-3-5-8-17)15-22-21(25)18-10-14-27-20(18)19-9-11-23-24(19)12-6-13-26-2/h3-5,7-9,11,16,18,20H,6,10,12-15H2,1-2H3,(H,22,25)/t16-,18-,20-/m0/s1. The van der Waals surface area contributed by atoms with Crippen LogP contribution < -0.4 is 10.1 Å². The Bertz CT molecular complexity index is 734. The Hall–Kier alpha value is -2.38. The minimum atomic E-state index is -0.268. The average Bonchev–Trinajstić information content (AvgIpc) is 3.36. The Labute approximate surface area is 166 Å². The molecular formula is C21H29N3O4. The molecule has 0 bridgehead atoms. The number of amides is 1. The fourth-order valence-corrected chi connectivity index (χ4v) is 3.43. The van der Waals surface area contributed by atoms with Crippen LogP contribution in [0, 0.1) is 5.92 Å². The van der Waals surface area contributed by atoms with Crippen LogP contribution in [-0.2, 0) is 20.8 Å². The first-order valence-corrected chi connectivity index (χ1v) is 9.80. The van der Waals surface area contributed by atoms with Crippen molar-refractivity contribution in [2.75, 3.05) is 26.9 Å². The minimum Gasteiger partial charge on any atom is -0.489 e. The lowest BCUT2D eigenvalue weighted by Gasteiger charge is -2.21. The van der Waals surface area contributed by atoms with Crippen LogP contribution in [0.15, 0.2) is 42.6 Å². The highest BCUT2D eigenvalue weighted by atomic mass is 16.5. The van der Waals surface area contributed by atoms with Gasteiger partial charge >= 0.3 is 0 Å². The SMILES string of the molecule is COCCCn1nccc1[C@H]1OCC[C@@H]1C(=O)NC[C@H](C)Oc1ccccc1. The molecule has 152 valence electrons. The van der Waals surface area contributed by atoms with E-state index in [9.17, 15) is 4.79 Å². The third-order valence-corrected chi connectivity index (χ3v) is 4.83. The molecule has 2 aromatic rings. The Morgan fingerprint density at radius 3 is 2.96 bits per heavy atom. The molecule has 1 aliphatic rings. The monoisotopic (exact) mass is 387 g/mol. The van der Waals surface area contributed by atoms with E-state index >= 15 is 0 Å². The number of methoxy groups -OCH3 is 1. The quantitative estimate of drug-likeness (QED) is 0.634. The first-order valence-electron chi connectivity index (χ1n) is 9.80. The van der Waals surface area contributed by atoms with E-state index in [0.717, 1.165) is 24.4 Å². The highest BCUT2D eigenvalue weighted by Crippen LogP contribution is 2.34. The maximum atomic E-state index is 12.8. The van der Waals surface area contributed by atoms with Gasteiger partial charge in [0.2, 0.25) is 5.91 Å². The van der Waals surface area contributed by atoms with Crippen molar-refractivity contribution in [3.05, 3.63) is 48.3 Å². The normalized spacial score (nSPS) is 20.1. The molecule has 1 saturated heterocycles. The predicted octanol–water partition coefficient (Wildman–Crippen LogP) is 2.58. The van der Waals surface area contributed by atoms with Crippen LogP contribution in [0.1, 0.15) is 31.6 Å². The minimum absolute atomic E-state index is 0.00402. The van der Waals surface area contributed by atoms with Gasteiger partial charge in [0.05, 0.1) is 18.2 Å². The number of para-hydroxylation sites is 1. The molecule has 0 radical (unpaired) electrons. The van der Waals surface area contributed by atoms with Crippen molar-refractivity contribution in [3.63, 3.8) is 0 Å². The summed E-state index contributed by atoms with van der Waals surface area (Å²) in [6, 6.07) is 11.5. The van der Waals surface area contributed by atoms with Gasteiger partial charge in [-0.2, -0.15) is 5.10 Å². The number of aromatic nitrogens is 2. The van der Waals surface area contributed by atoms with E-state index in [1.165, 1.54) is 0 Å². The summed E-state index contributed by atoms with van der Waals surface area (Å²) in [7, 11) is 1.69. The number of hydrogen-bond acceptors (Lipinski definition) is 5.